The van der Waals surface area contributed by atoms with Gasteiger partial charge < -0.3 is 5.32 Å². The molecule has 3 nitrogen and oxygen atoms in total. The topological polar surface area (TPSA) is 40.7 Å². The van der Waals surface area contributed by atoms with Gasteiger partial charge in [-0.2, -0.15) is 5.10 Å². The molecule has 0 amide bonds. The lowest BCUT2D eigenvalue weighted by atomic mass is 10.1. The Kier molecular flexibility index (Phi) is 3.54. The molecule has 2 N–H and O–H groups in total. The summed E-state index contributed by atoms with van der Waals surface area (Å²) in [5, 5.41) is 10.2. The van der Waals surface area contributed by atoms with E-state index in [1.807, 2.05) is 19.9 Å². The van der Waals surface area contributed by atoms with E-state index in [0.717, 1.165) is 23.4 Å². The lowest BCUT2D eigenvalue weighted by Crippen LogP contribution is -2.18. The molecule has 4 heteroatoms. The normalized spacial score (nSPS) is 12.6. The molecule has 0 radical (unpaired) electrons. The van der Waals surface area contributed by atoms with Crippen molar-refractivity contribution < 1.29 is 4.39 Å². The van der Waals surface area contributed by atoms with Crippen LogP contribution in [0, 0.1) is 12.7 Å². The van der Waals surface area contributed by atoms with Crippen molar-refractivity contribution >= 4 is 0 Å². The maximum atomic E-state index is 13.1. The molecule has 0 fully saturated rings. The molecule has 2 rings (SSSR count). The van der Waals surface area contributed by atoms with Gasteiger partial charge in [-0.1, -0.05) is 12.1 Å². The average molecular weight is 233 g/mol. The largest absolute Gasteiger partial charge is 0.306 e. The standard InChI is InChI=1S/C13H16FN3/c1-9(11-4-3-5-13(14)6-11)15-7-12-8-16-17-10(12)2/h3-6,8-9,15H,7H2,1-2H3,(H,16,17). The fourth-order valence-corrected chi connectivity index (χ4v) is 1.71. The van der Waals surface area contributed by atoms with E-state index in [-0.39, 0.29) is 11.9 Å². The van der Waals surface area contributed by atoms with E-state index >= 15 is 0 Å². The number of aromatic nitrogens is 2. The van der Waals surface area contributed by atoms with Gasteiger partial charge in [0.25, 0.3) is 0 Å². The van der Waals surface area contributed by atoms with Crippen LogP contribution < -0.4 is 5.32 Å². The maximum absolute atomic E-state index is 13.1. The van der Waals surface area contributed by atoms with Crippen LogP contribution in [0.15, 0.2) is 30.5 Å². The SMILES string of the molecule is Cc1[nH]ncc1CNC(C)c1cccc(F)c1. The summed E-state index contributed by atoms with van der Waals surface area (Å²) < 4.78 is 13.1. The smallest absolute Gasteiger partial charge is 0.123 e. The number of hydrogen-bond donors (Lipinski definition) is 2. The van der Waals surface area contributed by atoms with E-state index in [2.05, 4.69) is 15.5 Å². The molecular weight excluding hydrogens is 217 g/mol. The molecule has 1 atom stereocenters. The zero-order valence-electron chi connectivity index (χ0n) is 10.00. The minimum Gasteiger partial charge on any atom is -0.306 e. The van der Waals surface area contributed by atoms with Gasteiger partial charge in [-0.3, -0.25) is 5.10 Å². The summed E-state index contributed by atoms with van der Waals surface area (Å²) in [7, 11) is 0. The Hall–Kier alpha value is -1.68. The van der Waals surface area contributed by atoms with E-state index < -0.39 is 0 Å². The first-order valence-corrected chi connectivity index (χ1v) is 5.64. The quantitative estimate of drug-likeness (QED) is 0.852. The summed E-state index contributed by atoms with van der Waals surface area (Å²) in [6.07, 6.45) is 1.81. The monoisotopic (exact) mass is 233 g/mol. The highest BCUT2D eigenvalue weighted by Gasteiger charge is 2.07. The fourth-order valence-electron chi connectivity index (χ4n) is 1.71. The first-order chi connectivity index (χ1) is 8.16. The van der Waals surface area contributed by atoms with Crippen molar-refractivity contribution in [1.29, 1.82) is 0 Å². The molecular formula is C13H16FN3. The van der Waals surface area contributed by atoms with Gasteiger partial charge in [0.2, 0.25) is 0 Å². The molecule has 0 bridgehead atoms. The number of aryl methyl sites for hydroxylation is 1. The third-order valence-corrected chi connectivity index (χ3v) is 2.88. The van der Waals surface area contributed by atoms with Gasteiger partial charge in [0.1, 0.15) is 5.82 Å². The fraction of sp³-hybridized carbons (Fsp3) is 0.308. The molecule has 2 aromatic rings. The van der Waals surface area contributed by atoms with E-state index in [1.165, 1.54) is 6.07 Å². The van der Waals surface area contributed by atoms with Crippen LogP contribution in [0.1, 0.15) is 29.8 Å². The van der Waals surface area contributed by atoms with Gasteiger partial charge in [0.15, 0.2) is 0 Å². The van der Waals surface area contributed by atoms with Crippen LogP contribution in [0.25, 0.3) is 0 Å². The van der Waals surface area contributed by atoms with Gasteiger partial charge in [-0.25, -0.2) is 4.39 Å². The Labute approximate surface area is 100 Å². The van der Waals surface area contributed by atoms with E-state index in [4.69, 9.17) is 0 Å². The molecule has 17 heavy (non-hydrogen) atoms. The molecule has 1 aromatic carbocycles. The predicted octanol–water partition coefficient (Wildman–Crippen LogP) is 2.71. The number of aromatic amines is 1. The van der Waals surface area contributed by atoms with Crippen molar-refractivity contribution in [2.45, 2.75) is 26.4 Å². The second kappa shape index (κ2) is 5.10. The summed E-state index contributed by atoms with van der Waals surface area (Å²) in [6.45, 7) is 4.72. The number of H-pyrrole nitrogens is 1. The summed E-state index contributed by atoms with van der Waals surface area (Å²) >= 11 is 0. The Morgan fingerprint density at radius 2 is 2.29 bits per heavy atom. The van der Waals surface area contributed by atoms with Crippen molar-refractivity contribution in [3.05, 3.63) is 53.1 Å². The Morgan fingerprint density at radius 1 is 1.47 bits per heavy atom. The average Bonchev–Trinajstić information content (AvgIpc) is 2.72. The van der Waals surface area contributed by atoms with Crippen molar-refractivity contribution in [3.63, 3.8) is 0 Å². The Bertz CT molecular complexity index is 493. The maximum Gasteiger partial charge on any atom is 0.123 e. The molecule has 0 aliphatic heterocycles. The predicted molar refractivity (Wildman–Crippen MR) is 65.0 cm³/mol. The minimum atomic E-state index is -0.198. The lowest BCUT2D eigenvalue weighted by Gasteiger charge is -2.13. The van der Waals surface area contributed by atoms with Crippen LogP contribution in [0.2, 0.25) is 0 Å². The van der Waals surface area contributed by atoms with E-state index in [9.17, 15) is 4.39 Å². The molecule has 0 aliphatic carbocycles. The van der Waals surface area contributed by atoms with Crippen LogP contribution in [0.4, 0.5) is 4.39 Å². The molecule has 1 aromatic heterocycles. The second-order valence-electron chi connectivity index (χ2n) is 4.18. The highest BCUT2D eigenvalue weighted by atomic mass is 19.1. The van der Waals surface area contributed by atoms with Gasteiger partial charge in [-0.05, 0) is 31.5 Å². The minimum absolute atomic E-state index is 0.111. The highest BCUT2D eigenvalue weighted by Crippen LogP contribution is 2.14. The lowest BCUT2D eigenvalue weighted by molar-refractivity contribution is 0.564. The number of nitrogens with one attached hydrogen (secondary N) is 2. The van der Waals surface area contributed by atoms with Gasteiger partial charge in [0, 0.05) is 23.8 Å². The van der Waals surface area contributed by atoms with Crippen LogP contribution >= 0.6 is 0 Å². The molecule has 0 saturated heterocycles. The number of benzene rings is 1. The van der Waals surface area contributed by atoms with E-state index in [0.29, 0.717) is 0 Å². The third-order valence-electron chi connectivity index (χ3n) is 2.88. The van der Waals surface area contributed by atoms with Crippen molar-refractivity contribution in [3.8, 4) is 0 Å². The molecule has 1 heterocycles. The molecule has 0 spiro atoms. The van der Waals surface area contributed by atoms with Crippen LogP contribution in [-0.4, -0.2) is 10.2 Å². The van der Waals surface area contributed by atoms with Crippen LogP contribution in [0.3, 0.4) is 0 Å². The van der Waals surface area contributed by atoms with Gasteiger partial charge in [0.05, 0.1) is 6.20 Å². The number of halogens is 1. The summed E-state index contributed by atoms with van der Waals surface area (Å²) in [4.78, 5) is 0. The zero-order chi connectivity index (χ0) is 12.3. The second-order valence-corrected chi connectivity index (χ2v) is 4.18. The molecule has 1 unspecified atom stereocenters. The summed E-state index contributed by atoms with van der Waals surface area (Å²) in [6, 6.07) is 6.77. The number of nitrogens with zero attached hydrogens (tertiary/aromatic N) is 1. The summed E-state index contributed by atoms with van der Waals surface area (Å²) in [5.74, 6) is -0.198. The highest BCUT2D eigenvalue weighted by molar-refractivity contribution is 5.20. The third kappa shape index (κ3) is 2.91. The zero-order valence-corrected chi connectivity index (χ0v) is 10.00. The van der Waals surface area contributed by atoms with Crippen LogP contribution in [-0.2, 0) is 6.54 Å². The number of rotatable bonds is 4. The van der Waals surface area contributed by atoms with Gasteiger partial charge >= 0.3 is 0 Å². The van der Waals surface area contributed by atoms with E-state index in [1.54, 1.807) is 18.3 Å². The number of hydrogen-bond acceptors (Lipinski definition) is 2. The first-order valence-electron chi connectivity index (χ1n) is 5.64. The van der Waals surface area contributed by atoms with Gasteiger partial charge in [-0.15, -0.1) is 0 Å². The van der Waals surface area contributed by atoms with Crippen LogP contribution in [0.5, 0.6) is 0 Å². The first kappa shape index (κ1) is 11.8. The Balaban J connectivity index is 1.98. The van der Waals surface area contributed by atoms with Crippen molar-refractivity contribution in [2.24, 2.45) is 0 Å². The molecule has 90 valence electrons. The molecule has 0 aliphatic rings. The summed E-state index contributed by atoms with van der Waals surface area (Å²) in [5.41, 5.74) is 3.14. The Morgan fingerprint density at radius 3 is 2.94 bits per heavy atom. The molecule has 0 saturated carbocycles. The van der Waals surface area contributed by atoms with Crippen molar-refractivity contribution in [1.82, 2.24) is 15.5 Å². The van der Waals surface area contributed by atoms with Crippen molar-refractivity contribution in [2.75, 3.05) is 0 Å².